The first-order valence-electron chi connectivity index (χ1n) is 4.49. The third-order valence-corrected chi connectivity index (χ3v) is 4.55. The van der Waals surface area contributed by atoms with Gasteiger partial charge in [0.15, 0.2) is 0 Å². The van der Waals surface area contributed by atoms with E-state index in [-0.39, 0.29) is 0 Å². The third-order valence-electron chi connectivity index (χ3n) is 2.63. The Morgan fingerprint density at radius 1 is 1.62 bits per heavy atom. The Morgan fingerprint density at radius 2 is 2.54 bits per heavy atom. The van der Waals surface area contributed by atoms with Crippen LogP contribution in [0.5, 0.6) is 0 Å². The Kier molecular flexibility index (Phi) is 3.06. The van der Waals surface area contributed by atoms with E-state index < -0.39 is 0 Å². The third kappa shape index (κ3) is 2.14. The molecule has 0 N–H and O–H groups in total. The van der Waals surface area contributed by atoms with Crippen molar-refractivity contribution < 1.29 is 4.74 Å². The minimum absolute atomic E-state index is 0.362. The molecular formula is C10H13BrOS. The van der Waals surface area contributed by atoms with Crippen molar-refractivity contribution in [2.75, 3.05) is 18.5 Å². The molecule has 1 unspecified atom stereocenters. The molecular weight excluding hydrogens is 248 g/mol. The van der Waals surface area contributed by atoms with Crippen LogP contribution >= 0.6 is 27.3 Å². The second kappa shape index (κ2) is 4.11. The summed E-state index contributed by atoms with van der Waals surface area (Å²) < 4.78 is 5.47. The van der Waals surface area contributed by atoms with E-state index in [9.17, 15) is 0 Å². The summed E-state index contributed by atoms with van der Waals surface area (Å²) >= 11 is 5.38. The number of hydrogen-bond donors (Lipinski definition) is 0. The van der Waals surface area contributed by atoms with Gasteiger partial charge in [-0.1, -0.05) is 15.9 Å². The van der Waals surface area contributed by atoms with E-state index >= 15 is 0 Å². The van der Waals surface area contributed by atoms with Gasteiger partial charge in [-0.25, -0.2) is 0 Å². The molecule has 0 aromatic carbocycles. The Hall–Kier alpha value is 0.140. The number of thiophene rings is 1. The molecule has 0 amide bonds. The second-order valence-corrected chi connectivity index (χ2v) is 5.09. The van der Waals surface area contributed by atoms with Crippen molar-refractivity contribution >= 4 is 27.3 Å². The molecule has 1 atom stereocenters. The minimum atomic E-state index is 0.362. The molecule has 13 heavy (non-hydrogen) atoms. The molecule has 0 spiro atoms. The monoisotopic (exact) mass is 260 g/mol. The van der Waals surface area contributed by atoms with Crippen molar-refractivity contribution in [1.82, 2.24) is 0 Å². The zero-order valence-electron chi connectivity index (χ0n) is 7.46. The summed E-state index contributed by atoms with van der Waals surface area (Å²) in [5, 5.41) is 5.44. The van der Waals surface area contributed by atoms with Crippen LogP contribution in [0, 0.1) is 5.41 Å². The van der Waals surface area contributed by atoms with Crippen molar-refractivity contribution in [3.8, 4) is 0 Å². The average Bonchev–Trinajstić information content (AvgIpc) is 2.77. The van der Waals surface area contributed by atoms with E-state index in [0.717, 1.165) is 25.0 Å². The maximum absolute atomic E-state index is 5.47. The average molecular weight is 261 g/mol. The zero-order valence-corrected chi connectivity index (χ0v) is 9.86. The lowest BCUT2D eigenvalue weighted by Crippen LogP contribution is -2.25. The van der Waals surface area contributed by atoms with Gasteiger partial charge in [0.25, 0.3) is 0 Å². The topological polar surface area (TPSA) is 9.23 Å². The van der Waals surface area contributed by atoms with Crippen LogP contribution in [0.4, 0.5) is 0 Å². The predicted octanol–water partition coefficient (Wildman–Crippen LogP) is 3.09. The van der Waals surface area contributed by atoms with Gasteiger partial charge < -0.3 is 4.74 Å². The highest BCUT2D eigenvalue weighted by molar-refractivity contribution is 9.09. The van der Waals surface area contributed by atoms with Gasteiger partial charge >= 0.3 is 0 Å². The molecule has 0 radical (unpaired) electrons. The fourth-order valence-electron chi connectivity index (χ4n) is 1.77. The molecule has 1 saturated heterocycles. The molecule has 3 heteroatoms. The summed E-state index contributed by atoms with van der Waals surface area (Å²) in [7, 11) is 0. The van der Waals surface area contributed by atoms with Gasteiger partial charge in [0.2, 0.25) is 0 Å². The molecule has 72 valence electrons. The summed E-state index contributed by atoms with van der Waals surface area (Å²) in [6.45, 7) is 1.84. The Balaban J connectivity index is 2.06. The Labute approximate surface area is 91.2 Å². The second-order valence-electron chi connectivity index (χ2n) is 3.74. The van der Waals surface area contributed by atoms with Gasteiger partial charge in [0, 0.05) is 17.4 Å². The predicted molar refractivity (Wildman–Crippen MR) is 59.7 cm³/mol. The quantitative estimate of drug-likeness (QED) is 0.760. The highest BCUT2D eigenvalue weighted by Gasteiger charge is 2.33. The molecule has 2 rings (SSSR count). The lowest BCUT2D eigenvalue weighted by atomic mass is 9.84. The lowest BCUT2D eigenvalue weighted by molar-refractivity contribution is 0.162. The van der Waals surface area contributed by atoms with Gasteiger partial charge in [-0.05, 0) is 35.2 Å². The fraction of sp³-hybridized carbons (Fsp3) is 0.600. The van der Waals surface area contributed by atoms with E-state index in [2.05, 4.69) is 32.8 Å². The van der Waals surface area contributed by atoms with Crippen LogP contribution in [-0.4, -0.2) is 18.5 Å². The summed E-state index contributed by atoms with van der Waals surface area (Å²) in [5.41, 5.74) is 1.82. The molecule has 0 aliphatic carbocycles. The fourth-order valence-corrected chi connectivity index (χ4v) is 3.08. The Morgan fingerprint density at radius 3 is 3.08 bits per heavy atom. The minimum Gasteiger partial charge on any atom is -0.381 e. The highest BCUT2D eigenvalue weighted by Crippen LogP contribution is 2.34. The number of halogens is 1. The van der Waals surface area contributed by atoms with Crippen LogP contribution < -0.4 is 0 Å². The molecule has 1 aliphatic heterocycles. The van der Waals surface area contributed by atoms with Crippen LogP contribution in [0.25, 0.3) is 0 Å². The van der Waals surface area contributed by atoms with Crippen molar-refractivity contribution in [3.05, 3.63) is 22.4 Å². The maximum Gasteiger partial charge on any atom is 0.0534 e. The lowest BCUT2D eigenvalue weighted by Gasteiger charge is -2.23. The molecule has 2 heterocycles. The van der Waals surface area contributed by atoms with Crippen LogP contribution in [0.1, 0.15) is 12.0 Å². The van der Waals surface area contributed by atoms with Gasteiger partial charge in [-0.2, -0.15) is 11.3 Å². The first-order valence-corrected chi connectivity index (χ1v) is 6.56. The molecule has 0 bridgehead atoms. The molecule has 1 aliphatic rings. The first-order chi connectivity index (χ1) is 6.35. The smallest absolute Gasteiger partial charge is 0.0534 e. The highest BCUT2D eigenvalue weighted by atomic mass is 79.9. The molecule has 1 nitrogen and oxygen atoms in total. The SMILES string of the molecule is BrCC1(Cc2ccsc2)CCOC1. The summed E-state index contributed by atoms with van der Waals surface area (Å²) in [6, 6.07) is 2.22. The number of rotatable bonds is 3. The molecule has 1 aromatic heterocycles. The van der Waals surface area contributed by atoms with E-state index in [1.54, 1.807) is 11.3 Å². The van der Waals surface area contributed by atoms with E-state index in [4.69, 9.17) is 4.74 Å². The van der Waals surface area contributed by atoms with Crippen molar-refractivity contribution in [2.24, 2.45) is 5.41 Å². The van der Waals surface area contributed by atoms with Crippen molar-refractivity contribution in [1.29, 1.82) is 0 Å². The first kappa shape index (κ1) is 9.69. The van der Waals surface area contributed by atoms with Crippen LogP contribution in [0.2, 0.25) is 0 Å². The Bertz CT molecular complexity index is 252. The van der Waals surface area contributed by atoms with E-state index in [1.165, 1.54) is 12.0 Å². The normalized spacial score (nSPS) is 28.1. The van der Waals surface area contributed by atoms with Gasteiger partial charge in [0.1, 0.15) is 0 Å². The van der Waals surface area contributed by atoms with Gasteiger partial charge in [-0.3, -0.25) is 0 Å². The molecule has 0 saturated carbocycles. The standard InChI is InChI=1S/C10H13BrOS/c11-7-10(2-3-12-8-10)5-9-1-4-13-6-9/h1,4,6H,2-3,5,7-8H2. The van der Waals surface area contributed by atoms with E-state index in [0.29, 0.717) is 5.41 Å². The van der Waals surface area contributed by atoms with E-state index in [1.807, 2.05) is 0 Å². The number of hydrogen-bond acceptors (Lipinski definition) is 2. The van der Waals surface area contributed by atoms with Gasteiger partial charge in [0.05, 0.1) is 6.61 Å². The van der Waals surface area contributed by atoms with Crippen LogP contribution in [0.15, 0.2) is 16.8 Å². The zero-order chi connectivity index (χ0) is 9.15. The largest absolute Gasteiger partial charge is 0.381 e. The van der Waals surface area contributed by atoms with Gasteiger partial charge in [-0.15, -0.1) is 0 Å². The molecule has 1 aromatic rings. The maximum atomic E-state index is 5.47. The number of ether oxygens (including phenoxy) is 1. The van der Waals surface area contributed by atoms with Crippen molar-refractivity contribution in [3.63, 3.8) is 0 Å². The van der Waals surface area contributed by atoms with Crippen molar-refractivity contribution in [2.45, 2.75) is 12.8 Å². The molecule has 1 fully saturated rings. The summed E-state index contributed by atoms with van der Waals surface area (Å²) in [5.74, 6) is 0. The van der Waals surface area contributed by atoms with Crippen LogP contribution in [0.3, 0.4) is 0 Å². The summed E-state index contributed by atoms with van der Waals surface area (Å²) in [6.07, 6.45) is 2.34. The number of alkyl halides is 1. The summed E-state index contributed by atoms with van der Waals surface area (Å²) in [4.78, 5) is 0. The van der Waals surface area contributed by atoms with Crippen LogP contribution in [-0.2, 0) is 11.2 Å².